The lowest BCUT2D eigenvalue weighted by atomic mass is 10.2. The number of rotatable bonds is 2. The molecular formula is C10H11NOS. The minimum Gasteiger partial charge on any atom is -0.398 e. The van der Waals surface area contributed by atoms with Crippen LogP contribution in [0.2, 0.25) is 0 Å². The molecule has 0 aliphatic heterocycles. The van der Waals surface area contributed by atoms with E-state index in [1.165, 1.54) is 10.3 Å². The molecule has 0 atom stereocenters. The second kappa shape index (κ2) is 3.36. The molecule has 1 aromatic heterocycles. The molecule has 2 aromatic rings. The Labute approximate surface area is 80.9 Å². The third-order valence-corrected chi connectivity index (χ3v) is 3.09. The molecule has 1 aromatic carbocycles. The van der Waals surface area contributed by atoms with Crippen molar-refractivity contribution in [2.45, 2.75) is 6.61 Å². The standard InChI is InChI=1S/C10H11NOS/c1-12-6-8-5-7-3-2-4-9(11)10(7)13-8/h2-5H,6,11H2,1H3. The van der Waals surface area contributed by atoms with Crippen LogP contribution >= 0.6 is 11.3 Å². The van der Waals surface area contributed by atoms with Gasteiger partial charge in [-0.3, -0.25) is 0 Å². The van der Waals surface area contributed by atoms with Crippen LogP contribution in [0.15, 0.2) is 24.3 Å². The van der Waals surface area contributed by atoms with Gasteiger partial charge in [0.15, 0.2) is 0 Å². The Hall–Kier alpha value is -1.06. The van der Waals surface area contributed by atoms with Crippen molar-refractivity contribution >= 4 is 27.1 Å². The number of methoxy groups -OCH3 is 1. The van der Waals surface area contributed by atoms with Gasteiger partial charge in [0.05, 0.1) is 11.3 Å². The van der Waals surface area contributed by atoms with E-state index < -0.39 is 0 Å². The quantitative estimate of drug-likeness (QED) is 0.744. The molecule has 3 heteroatoms. The van der Waals surface area contributed by atoms with E-state index in [0.29, 0.717) is 6.61 Å². The third kappa shape index (κ3) is 1.53. The van der Waals surface area contributed by atoms with Gasteiger partial charge in [0.25, 0.3) is 0 Å². The van der Waals surface area contributed by atoms with E-state index in [-0.39, 0.29) is 0 Å². The molecule has 0 amide bonds. The van der Waals surface area contributed by atoms with E-state index in [1.807, 2.05) is 12.1 Å². The lowest BCUT2D eigenvalue weighted by molar-refractivity contribution is 0.187. The van der Waals surface area contributed by atoms with Crippen LogP contribution < -0.4 is 5.73 Å². The Bertz CT molecular complexity index is 422. The Morgan fingerprint density at radius 2 is 2.31 bits per heavy atom. The summed E-state index contributed by atoms with van der Waals surface area (Å²) in [6, 6.07) is 8.09. The number of nitrogen functional groups attached to an aromatic ring is 1. The van der Waals surface area contributed by atoms with Crippen LogP contribution in [0, 0.1) is 0 Å². The summed E-state index contributed by atoms with van der Waals surface area (Å²) in [5.41, 5.74) is 6.69. The van der Waals surface area contributed by atoms with Crippen molar-refractivity contribution in [1.82, 2.24) is 0 Å². The third-order valence-electron chi connectivity index (χ3n) is 1.91. The monoisotopic (exact) mass is 193 g/mol. The Morgan fingerprint density at radius 3 is 3.00 bits per heavy atom. The number of hydrogen-bond acceptors (Lipinski definition) is 3. The van der Waals surface area contributed by atoms with Crippen LogP contribution in [0.3, 0.4) is 0 Å². The zero-order valence-electron chi connectivity index (χ0n) is 7.41. The fraction of sp³-hybridized carbons (Fsp3) is 0.200. The molecule has 0 unspecified atom stereocenters. The summed E-state index contributed by atoms with van der Waals surface area (Å²) in [6.45, 7) is 0.665. The Balaban J connectivity index is 2.55. The van der Waals surface area contributed by atoms with Crippen LogP contribution in [0.1, 0.15) is 4.88 Å². The molecule has 2 N–H and O–H groups in total. The fourth-order valence-corrected chi connectivity index (χ4v) is 2.41. The average molecular weight is 193 g/mol. The first kappa shape index (κ1) is 8.53. The zero-order chi connectivity index (χ0) is 9.26. The number of fused-ring (bicyclic) bond motifs is 1. The second-order valence-corrected chi connectivity index (χ2v) is 4.05. The van der Waals surface area contributed by atoms with Crippen molar-refractivity contribution in [3.63, 3.8) is 0 Å². The second-order valence-electron chi connectivity index (χ2n) is 2.91. The highest BCUT2D eigenvalue weighted by atomic mass is 32.1. The zero-order valence-corrected chi connectivity index (χ0v) is 8.23. The van der Waals surface area contributed by atoms with E-state index >= 15 is 0 Å². The van der Waals surface area contributed by atoms with E-state index in [2.05, 4.69) is 12.1 Å². The molecule has 0 saturated heterocycles. The van der Waals surface area contributed by atoms with Crippen molar-refractivity contribution in [3.05, 3.63) is 29.1 Å². The van der Waals surface area contributed by atoms with Gasteiger partial charge in [-0.15, -0.1) is 11.3 Å². The maximum Gasteiger partial charge on any atom is 0.0806 e. The molecule has 68 valence electrons. The minimum atomic E-state index is 0.665. The van der Waals surface area contributed by atoms with Gasteiger partial charge in [0.1, 0.15) is 0 Å². The summed E-state index contributed by atoms with van der Waals surface area (Å²) in [5.74, 6) is 0. The first-order chi connectivity index (χ1) is 6.31. The van der Waals surface area contributed by atoms with Crippen molar-refractivity contribution in [3.8, 4) is 0 Å². The van der Waals surface area contributed by atoms with Crippen LogP contribution in [0.5, 0.6) is 0 Å². The SMILES string of the molecule is COCc1cc2cccc(N)c2s1. The van der Waals surface area contributed by atoms with Crippen molar-refractivity contribution < 1.29 is 4.74 Å². The highest BCUT2D eigenvalue weighted by molar-refractivity contribution is 7.19. The maximum atomic E-state index is 5.84. The average Bonchev–Trinajstić information content (AvgIpc) is 2.49. The van der Waals surface area contributed by atoms with Gasteiger partial charge in [-0.25, -0.2) is 0 Å². The maximum absolute atomic E-state index is 5.84. The van der Waals surface area contributed by atoms with Gasteiger partial charge >= 0.3 is 0 Å². The van der Waals surface area contributed by atoms with E-state index in [4.69, 9.17) is 10.5 Å². The first-order valence-corrected chi connectivity index (χ1v) is 4.89. The predicted molar refractivity (Wildman–Crippen MR) is 57.0 cm³/mol. The number of ether oxygens (including phenoxy) is 1. The summed E-state index contributed by atoms with van der Waals surface area (Å²) in [6.07, 6.45) is 0. The van der Waals surface area contributed by atoms with Gasteiger partial charge in [-0.2, -0.15) is 0 Å². The molecule has 0 aliphatic rings. The first-order valence-electron chi connectivity index (χ1n) is 4.07. The summed E-state index contributed by atoms with van der Waals surface area (Å²) in [5, 5.41) is 1.21. The van der Waals surface area contributed by atoms with Crippen molar-refractivity contribution in [1.29, 1.82) is 0 Å². The van der Waals surface area contributed by atoms with Gasteiger partial charge in [-0.05, 0) is 17.5 Å². The number of hydrogen-bond donors (Lipinski definition) is 1. The molecule has 0 radical (unpaired) electrons. The molecule has 0 bridgehead atoms. The minimum absolute atomic E-state index is 0.665. The fourth-order valence-electron chi connectivity index (χ4n) is 1.35. The Kier molecular flexibility index (Phi) is 2.20. The number of nitrogens with two attached hydrogens (primary N) is 1. The number of thiophene rings is 1. The number of anilines is 1. The summed E-state index contributed by atoms with van der Waals surface area (Å²) in [4.78, 5) is 1.22. The Morgan fingerprint density at radius 1 is 1.46 bits per heavy atom. The van der Waals surface area contributed by atoms with Crippen molar-refractivity contribution in [2.75, 3.05) is 12.8 Å². The van der Waals surface area contributed by atoms with Gasteiger partial charge in [-0.1, -0.05) is 12.1 Å². The smallest absolute Gasteiger partial charge is 0.0806 e. The normalized spacial score (nSPS) is 10.8. The van der Waals surface area contributed by atoms with Crippen LogP contribution in [-0.2, 0) is 11.3 Å². The van der Waals surface area contributed by atoms with Crippen molar-refractivity contribution in [2.24, 2.45) is 0 Å². The summed E-state index contributed by atoms with van der Waals surface area (Å²) < 4.78 is 6.23. The molecule has 0 fully saturated rings. The lowest BCUT2D eigenvalue weighted by Crippen LogP contribution is -1.81. The summed E-state index contributed by atoms with van der Waals surface area (Å²) in [7, 11) is 1.70. The van der Waals surface area contributed by atoms with Gasteiger partial charge in [0.2, 0.25) is 0 Å². The molecular weight excluding hydrogens is 182 g/mol. The van der Waals surface area contributed by atoms with Crippen LogP contribution in [0.25, 0.3) is 10.1 Å². The van der Waals surface area contributed by atoms with E-state index in [1.54, 1.807) is 18.4 Å². The molecule has 2 nitrogen and oxygen atoms in total. The largest absolute Gasteiger partial charge is 0.398 e. The van der Waals surface area contributed by atoms with Gasteiger partial charge < -0.3 is 10.5 Å². The molecule has 13 heavy (non-hydrogen) atoms. The molecule has 0 saturated carbocycles. The molecule has 2 rings (SSSR count). The van der Waals surface area contributed by atoms with Crippen LogP contribution in [-0.4, -0.2) is 7.11 Å². The highest BCUT2D eigenvalue weighted by Gasteiger charge is 2.03. The van der Waals surface area contributed by atoms with E-state index in [0.717, 1.165) is 10.4 Å². The molecule has 1 heterocycles. The van der Waals surface area contributed by atoms with Crippen LogP contribution in [0.4, 0.5) is 5.69 Å². The number of benzene rings is 1. The lowest BCUT2D eigenvalue weighted by Gasteiger charge is -1.92. The molecule has 0 aliphatic carbocycles. The topological polar surface area (TPSA) is 35.2 Å². The van der Waals surface area contributed by atoms with Gasteiger partial charge in [0, 0.05) is 17.7 Å². The molecule has 0 spiro atoms. The van der Waals surface area contributed by atoms with E-state index in [9.17, 15) is 0 Å². The predicted octanol–water partition coefficient (Wildman–Crippen LogP) is 2.63. The summed E-state index contributed by atoms with van der Waals surface area (Å²) >= 11 is 1.70. The highest BCUT2D eigenvalue weighted by Crippen LogP contribution is 2.30.